The second-order valence-corrected chi connectivity index (χ2v) is 6.65. The van der Waals surface area contributed by atoms with E-state index >= 15 is 0 Å². The first-order valence-electron chi connectivity index (χ1n) is 8.02. The van der Waals surface area contributed by atoms with Gasteiger partial charge in [-0.05, 0) is 46.3 Å². The molecule has 10 nitrogen and oxygen atoms in total. The smallest absolute Gasteiger partial charge is 0.313 e. The van der Waals surface area contributed by atoms with Crippen LogP contribution >= 0.6 is 27.5 Å². The number of hydrogen-bond acceptors (Lipinski definition) is 6. The summed E-state index contributed by atoms with van der Waals surface area (Å²) in [4.78, 5) is 38.1. The van der Waals surface area contributed by atoms with Gasteiger partial charge in [0.05, 0.1) is 16.3 Å². The molecule has 1 aromatic heterocycles. The Morgan fingerprint density at radius 2 is 1.93 bits per heavy atom. The zero-order valence-corrected chi connectivity index (χ0v) is 17.4. The van der Waals surface area contributed by atoms with Crippen molar-refractivity contribution < 1.29 is 18.8 Å². The number of aromatic nitrogens is 4. The molecule has 0 aliphatic rings. The van der Waals surface area contributed by atoms with E-state index in [1.807, 2.05) is 0 Å². The van der Waals surface area contributed by atoms with E-state index in [4.69, 9.17) is 11.6 Å². The minimum Gasteiger partial charge on any atom is -0.335 e. The van der Waals surface area contributed by atoms with E-state index in [-0.39, 0.29) is 21.1 Å². The maximum Gasteiger partial charge on any atom is 0.313 e. The summed E-state index contributed by atoms with van der Waals surface area (Å²) < 4.78 is 15.6. The molecule has 1 heterocycles. The standard InChI is InChI=1S/C15H16BrClFN7O3/c1-4-25(5-2)14(28)13(27)19-11-7(16)6-8(18)9(10(11)17)12(26)20-15-21-22-23-24(15)3/h6H,4-5H2,1-3H3,(H,19,27)(H,20,21,23,26). The summed E-state index contributed by atoms with van der Waals surface area (Å²) in [6.07, 6.45) is 0. The molecule has 0 radical (unpaired) electrons. The number of rotatable bonds is 5. The lowest BCUT2D eigenvalue weighted by molar-refractivity contribution is -0.142. The number of carbonyl (C=O) groups is 3. The number of likely N-dealkylation sites (N-methyl/N-ethyl adjacent to an activating group) is 1. The Balaban J connectivity index is 2.35. The maximum atomic E-state index is 14.4. The Hall–Kier alpha value is -2.60. The summed E-state index contributed by atoms with van der Waals surface area (Å²) in [7, 11) is 1.47. The zero-order valence-electron chi connectivity index (χ0n) is 15.1. The SMILES string of the molecule is CCN(CC)C(=O)C(=O)Nc1c(Br)cc(F)c(C(=O)Nc2nnnn2C)c1Cl. The fourth-order valence-electron chi connectivity index (χ4n) is 2.23. The van der Waals surface area contributed by atoms with E-state index in [2.05, 4.69) is 42.1 Å². The zero-order chi connectivity index (χ0) is 21.0. The third kappa shape index (κ3) is 4.44. The van der Waals surface area contributed by atoms with Crippen LogP contribution in [0.25, 0.3) is 0 Å². The highest BCUT2D eigenvalue weighted by Crippen LogP contribution is 2.36. The van der Waals surface area contributed by atoms with Crippen LogP contribution in [0.15, 0.2) is 10.5 Å². The lowest BCUT2D eigenvalue weighted by Gasteiger charge is -2.19. The Labute approximate surface area is 172 Å². The Kier molecular flexibility index (Phi) is 7.02. The molecule has 2 aromatic rings. The van der Waals surface area contributed by atoms with Crippen LogP contribution in [0.1, 0.15) is 24.2 Å². The minimum atomic E-state index is -0.971. The third-order valence-electron chi connectivity index (χ3n) is 3.73. The number of aryl methyl sites for hydroxylation is 1. The molecule has 150 valence electrons. The van der Waals surface area contributed by atoms with Crippen molar-refractivity contribution in [2.24, 2.45) is 7.05 Å². The second kappa shape index (κ2) is 9.06. The summed E-state index contributed by atoms with van der Waals surface area (Å²) in [5.74, 6) is -3.67. The molecule has 2 rings (SSSR count). The van der Waals surface area contributed by atoms with Crippen molar-refractivity contribution in [3.63, 3.8) is 0 Å². The third-order valence-corrected chi connectivity index (χ3v) is 4.73. The van der Waals surface area contributed by atoms with Gasteiger partial charge in [0.1, 0.15) is 5.82 Å². The number of tetrazole rings is 1. The first kappa shape index (κ1) is 21.7. The number of nitrogens with zero attached hydrogens (tertiary/aromatic N) is 5. The fourth-order valence-corrected chi connectivity index (χ4v) is 3.17. The highest BCUT2D eigenvalue weighted by molar-refractivity contribution is 9.10. The Bertz CT molecular complexity index is 933. The van der Waals surface area contributed by atoms with E-state index in [1.54, 1.807) is 13.8 Å². The lowest BCUT2D eigenvalue weighted by Crippen LogP contribution is -2.39. The van der Waals surface area contributed by atoms with Gasteiger partial charge in [0, 0.05) is 24.6 Å². The van der Waals surface area contributed by atoms with Crippen molar-refractivity contribution in [2.75, 3.05) is 23.7 Å². The van der Waals surface area contributed by atoms with Crippen LogP contribution in [0.5, 0.6) is 0 Å². The normalized spacial score (nSPS) is 10.5. The quantitative estimate of drug-likeness (QED) is 0.635. The van der Waals surface area contributed by atoms with Crippen molar-refractivity contribution in [3.05, 3.63) is 26.9 Å². The van der Waals surface area contributed by atoms with Gasteiger partial charge in [-0.1, -0.05) is 16.7 Å². The predicted octanol–water partition coefficient (Wildman–Crippen LogP) is 1.82. The molecule has 2 N–H and O–H groups in total. The van der Waals surface area contributed by atoms with Crippen LogP contribution in [-0.4, -0.2) is 55.9 Å². The Morgan fingerprint density at radius 3 is 2.46 bits per heavy atom. The fraction of sp³-hybridized carbons (Fsp3) is 0.333. The molecule has 0 spiro atoms. The van der Waals surface area contributed by atoms with Crippen LogP contribution in [0.2, 0.25) is 5.02 Å². The van der Waals surface area contributed by atoms with Gasteiger partial charge >= 0.3 is 11.8 Å². The maximum absolute atomic E-state index is 14.4. The van der Waals surface area contributed by atoms with E-state index in [9.17, 15) is 18.8 Å². The van der Waals surface area contributed by atoms with E-state index in [0.29, 0.717) is 13.1 Å². The number of amides is 3. The van der Waals surface area contributed by atoms with Gasteiger partial charge in [-0.2, -0.15) is 0 Å². The highest BCUT2D eigenvalue weighted by atomic mass is 79.9. The summed E-state index contributed by atoms with van der Waals surface area (Å²) >= 11 is 9.23. The largest absolute Gasteiger partial charge is 0.335 e. The molecule has 0 unspecified atom stereocenters. The molecule has 3 amide bonds. The minimum absolute atomic E-state index is 0.0364. The van der Waals surface area contributed by atoms with E-state index in [1.165, 1.54) is 11.9 Å². The summed E-state index contributed by atoms with van der Waals surface area (Å²) in [5.41, 5.74) is -0.659. The Morgan fingerprint density at radius 1 is 1.29 bits per heavy atom. The van der Waals surface area contributed by atoms with Crippen LogP contribution in [0.3, 0.4) is 0 Å². The van der Waals surface area contributed by atoms with Gasteiger partial charge in [0.15, 0.2) is 0 Å². The average molecular weight is 477 g/mol. The molecule has 0 bridgehead atoms. The molecule has 0 atom stereocenters. The molecule has 0 fully saturated rings. The van der Waals surface area contributed by atoms with Crippen molar-refractivity contribution >= 4 is 56.9 Å². The number of nitrogens with one attached hydrogen (secondary N) is 2. The topological polar surface area (TPSA) is 122 Å². The van der Waals surface area contributed by atoms with Crippen molar-refractivity contribution in [1.82, 2.24) is 25.1 Å². The molecule has 0 saturated carbocycles. The molecule has 0 aliphatic heterocycles. The monoisotopic (exact) mass is 475 g/mol. The van der Waals surface area contributed by atoms with Crippen LogP contribution in [0, 0.1) is 5.82 Å². The van der Waals surface area contributed by atoms with Gasteiger partial charge in [-0.15, -0.1) is 0 Å². The summed E-state index contributed by atoms with van der Waals surface area (Å²) in [6.45, 7) is 4.11. The average Bonchev–Trinajstić information content (AvgIpc) is 3.03. The molecular formula is C15H16BrClFN7O3. The highest BCUT2D eigenvalue weighted by Gasteiger charge is 2.26. The molecule has 13 heteroatoms. The first-order chi connectivity index (χ1) is 13.2. The van der Waals surface area contributed by atoms with Crippen molar-refractivity contribution in [1.29, 1.82) is 0 Å². The number of anilines is 2. The summed E-state index contributed by atoms with van der Waals surface area (Å²) in [5, 5.41) is 14.7. The van der Waals surface area contributed by atoms with Gasteiger partial charge in [0.2, 0.25) is 5.95 Å². The van der Waals surface area contributed by atoms with Crippen molar-refractivity contribution in [3.8, 4) is 0 Å². The van der Waals surface area contributed by atoms with Gasteiger partial charge in [0.25, 0.3) is 5.91 Å². The van der Waals surface area contributed by atoms with Crippen molar-refractivity contribution in [2.45, 2.75) is 13.8 Å². The molecular weight excluding hydrogens is 461 g/mol. The predicted molar refractivity (Wildman–Crippen MR) is 102 cm³/mol. The molecule has 0 aliphatic carbocycles. The lowest BCUT2D eigenvalue weighted by atomic mass is 10.1. The van der Waals surface area contributed by atoms with Gasteiger partial charge in [-0.25, -0.2) is 9.07 Å². The van der Waals surface area contributed by atoms with Crippen LogP contribution in [-0.2, 0) is 16.6 Å². The number of carbonyl (C=O) groups excluding carboxylic acids is 3. The van der Waals surface area contributed by atoms with Crippen LogP contribution in [0.4, 0.5) is 16.0 Å². The van der Waals surface area contributed by atoms with E-state index in [0.717, 1.165) is 10.7 Å². The summed E-state index contributed by atoms with van der Waals surface area (Å²) in [6, 6.07) is 0.952. The molecule has 0 saturated heterocycles. The number of benzene rings is 1. The second-order valence-electron chi connectivity index (χ2n) is 5.42. The van der Waals surface area contributed by atoms with Gasteiger partial charge < -0.3 is 10.2 Å². The van der Waals surface area contributed by atoms with Gasteiger partial charge in [-0.3, -0.25) is 19.7 Å². The number of halogens is 3. The number of hydrogen-bond donors (Lipinski definition) is 2. The van der Waals surface area contributed by atoms with E-state index < -0.39 is 29.1 Å². The van der Waals surface area contributed by atoms with Crippen LogP contribution < -0.4 is 10.6 Å². The molecule has 1 aromatic carbocycles. The molecule has 28 heavy (non-hydrogen) atoms. The first-order valence-corrected chi connectivity index (χ1v) is 9.19.